The number of rotatable bonds is 2. The highest BCUT2D eigenvalue weighted by Gasteiger charge is 2.08. The normalized spacial score (nSPS) is 10.6. The zero-order valence-electron chi connectivity index (χ0n) is 8.76. The van der Waals surface area contributed by atoms with Crippen molar-refractivity contribution in [1.82, 2.24) is 4.98 Å². The highest BCUT2D eigenvalue weighted by atomic mass is 79.9. The zero-order valence-corrected chi connectivity index (χ0v) is 11.2. The Hall–Kier alpha value is -1.39. The first-order valence-corrected chi connectivity index (χ1v) is 6.75. The topological polar surface area (TPSA) is 26.0 Å². The quantitative estimate of drug-likeness (QED) is 0.677. The maximum atomic E-state index is 5.32. The van der Waals surface area contributed by atoms with Gasteiger partial charge in [-0.15, -0.1) is 11.3 Å². The van der Waals surface area contributed by atoms with E-state index < -0.39 is 0 Å². The lowest BCUT2D eigenvalue weighted by Gasteiger charge is -1.95. The number of halogens is 1. The highest BCUT2D eigenvalue weighted by Crippen LogP contribution is 2.29. The minimum atomic E-state index is 0.810. The summed E-state index contributed by atoms with van der Waals surface area (Å²) in [6, 6.07) is 11.9. The number of thiazole rings is 1. The molecule has 0 fully saturated rings. The van der Waals surface area contributed by atoms with Crippen molar-refractivity contribution in [1.29, 1.82) is 0 Å². The van der Waals surface area contributed by atoms with Crippen LogP contribution in [0.1, 0.15) is 0 Å². The fourth-order valence-corrected chi connectivity index (χ4v) is 2.62. The number of hydrogen-bond donors (Lipinski definition) is 0. The van der Waals surface area contributed by atoms with Crippen LogP contribution in [0, 0.1) is 0 Å². The average Bonchev–Trinajstić information content (AvgIpc) is 3.00. The van der Waals surface area contributed by atoms with Crippen molar-refractivity contribution in [3.63, 3.8) is 0 Å². The molecular formula is C13H8BrNOS. The van der Waals surface area contributed by atoms with Gasteiger partial charge in [-0.3, -0.25) is 0 Å². The fraction of sp³-hybridized carbons (Fsp3) is 0. The summed E-state index contributed by atoms with van der Waals surface area (Å²) in [5.41, 5.74) is 2.01. The molecule has 2 nitrogen and oxygen atoms in total. The van der Waals surface area contributed by atoms with Crippen LogP contribution < -0.4 is 0 Å². The van der Waals surface area contributed by atoms with Crippen LogP contribution in [0.5, 0.6) is 0 Å². The van der Waals surface area contributed by atoms with Gasteiger partial charge in [0.1, 0.15) is 10.7 Å². The summed E-state index contributed by atoms with van der Waals surface area (Å²) in [7, 11) is 0. The summed E-state index contributed by atoms with van der Waals surface area (Å²) in [5, 5.41) is 3.01. The van der Waals surface area contributed by atoms with Gasteiger partial charge in [0.25, 0.3) is 0 Å². The van der Waals surface area contributed by atoms with Gasteiger partial charge in [0.15, 0.2) is 5.76 Å². The molecule has 0 saturated carbocycles. The molecule has 3 rings (SSSR count). The Morgan fingerprint density at radius 2 is 1.94 bits per heavy atom. The minimum Gasteiger partial charge on any atom is -0.463 e. The Bertz CT molecular complexity index is 613. The number of nitrogens with zero attached hydrogens (tertiary/aromatic N) is 1. The van der Waals surface area contributed by atoms with Crippen molar-refractivity contribution >= 4 is 27.3 Å². The second kappa shape index (κ2) is 4.47. The van der Waals surface area contributed by atoms with Crippen molar-refractivity contribution in [3.8, 4) is 22.0 Å². The second-order valence-electron chi connectivity index (χ2n) is 3.52. The van der Waals surface area contributed by atoms with Crippen LogP contribution >= 0.6 is 27.3 Å². The summed E-state index contributed by atoms with van der Waals surface area (Å²) in [6.07, 6.45) is 1.66. The molecule has 0 aliphatic carbocycles. The Morgan fingerprint density at radius 3 is 2.65 bits per heavy atom. The maximum Gasteiger partial charge on any atom is 0.153 e. The van der Waals surface area contributed by atoms with Crippen LogP contribution in [0.25, 0.3) is 22.0 Å². The standard InChI is InChI=1S/C13H8BrNOS/c14-10-5-3-9(4-6-10)13-15-11(8-17-13)12-2-1-7-16-12/h1-8H. The van der Waals surface area contributed by atoms with E-state index in [1.807, 2.05) is 29.6 Å². The van der Waals surface area contributed by atoms with Crippen LogP contribution in [0.4, 0.5) is 0 Å². The summed E-state index contributed by atoms with van der Waals surface area (Å²) in [5.74, 6) is 0.810. The van der Waals surface area contributed by atoms with E-state index in [0.717, 1.165) is 26.5 Å². The Kier molecular flexibility index (Phi) is 2.82. The van der Waals surface area contributed by atoms with Crippen molar-refractivity contribution in [2.45, 2.75) is 0 Å². The summed E-state index contributed by atoms with van der Waals surface area (Å²) in [6.45, 7) is 0. The van der Waals surface area contributed by atoms with E-state index in [-0.39, 0.29) is 0 Å². The molecule has 0 unspecified atom stereocenters. The summed E-state index contributed by atoms with van der Waals surface area (Å²) in [4.78, 5) is 4.56. The van der Waals surface area contributed by atoms with Gasteiger partial charge in [-0.2, -0.15) is 0 Å². The molecule has 0 N–H and O–H groups in total. The molecule has 0 spiro atoms. The molecule has 0 atom stereocenters. The lowest BCUT2D eigenvalue weighted by molar-refractivity contribution is 0.580. The first kappa shape index (κ1) is 10.7. The molecule has 0 aliphatic rings. The maximum absolute atomic E-state index is 5.32. The molecular weight excluding hydrogens is 298 g/mol. The van der Waals surface area contributed by atoms with Crippen LogP contribution in [0.3, 0.4) is 0 Å². The first-order valence-electron chi connectivity index (χ1n) is 5.08. The summed E-state index contributed by atoms with van der Waals surface area (Å²) < 4.78 is 6.40. The Labute approximate surface area is 111 Å². The highest BCUT2D eigenvalue weighted by molar-refractivity contribution is 9.10. The van der Waals surface area contributed by atoms with E-state index in [2.05, 4.69) is 33.0 Å². The van der Waals surface area contributed by atoms with Crippen LogP contribution in [-0.2, 0) is 0 Å². The molecule has 0 amide bonds. The van der Waals surface area contributed by atoms with Gasteiger partial charge in [0, 0.05) is 15.4 Å². The molecule has 0 saturated heterocycles. The van der Waals surface area contributed by atoms with Gasteiger partial charge in [-0.1, -0.05) is 28.1 Å². The smallest absolute Gasteiger partial charge is 0.153 e. The molecule has 84 valence electrons. The van der Waals surface area contributed by atoms with Crippen LogP contribution in [-0.4, -0.2) is 4.98 Å². The third kappa shape index (κ3) is 2.18. The van der Waals surface area contributed by atoms with Crippen molar-refractivity contribution in [2.75, 3.05) is 0 Å². The molecule has 2 aromatic heterocycles. The summed E-state index contributed by atoms with van der Waals surface area (Å²) >= 11 is 5.04. The van der Waals surface area contributed by atoms with Gasteiger partial charge in [-0.05, 0) is 24.3 Å². The van der Waals surface area contributed by atoms with Gasteiger partial charge < -0.3 is 4.42 Å². The predicted molar refractivity (Wildman–Crippen MR) is 73.0 cm³/mol. The molecule has 1 aromatic carbocycles. The monoisotopic (exact) mass is 305 g/mol. The van der Waals surface area contributed by atoms with Gasteiger partial charge in [-0.25, -0.2) is 4.98 Å². The van der Waals surface area contributed by atoms with E-state index in [1.54, 1.807) is 17.6 Å². The lowest BCUT2D eigenvalue weighted by atomic mass is 10.2. The molecule has 0 aliphatic heterocycles. The third-order valence-corrected chi connectivity index (χ3v) is 3.79. The molecule has 4 heteroatoms. The third-order valence-electron chi connectivity index (χ3n) is 2.37. The average molecular weight is 306 g/mol. The number of hydrogen-bond acceptors (Lipinski definition) is 3. The van der Waals surface area contributed by atoms with E-state index in [4.69, 9.17) is 4.42 Å². The van der Waals surface area contributed by atoms with Crippen LogP contribution in [0.2, 0.25) is 0 Å². The molecule has 0 radical (unpaired) electrons. The van der Waals surface area contributed by atoms with Gasteiger partial charge >= 0.3 is 0 Å². The van der Waals surface area contributed by atoms with Crippen molar-refractivity contribution < 1.29 is 4.42 Å². The first-order chi connectivity index (χ1) is 8.33. The predicted octanol–water partition coefficient (Wildman–Crippen LogP) is 4.83. The van der Waals surface area contributed by atoms with Crippen molar-refractivity contribution in [2.24, 2.45) is 0 Å². The van der Waals surface area contributed by atoms with E-state index in [0.29, 0.717) is 0 Å². The molecule has 3 aromatic rings. The number of aromatic nitrogens is 1. The Morgan fingerprint density at radius 1 is 1.12 bits per heavy atom. The van der Waals surface area contributed by atoms with Gasteiger partial charge in [0.2, 0.25) is 0 Å². The fourth-order valence-electron chi connectivity index (χ4n) is 1.54. The zero-order chi connectivity index (χ0) is 11.7. The minimum absolute atomic E-state index is 0.810. The van der Waals surface area contributed by atoms with Crippen molar-refractivity contribution in [3.05, 3.63) is 52.5 Å². The number of furan rings is 1. The lowest BCUT2D eigenvalue weighted by Crippen LogP contribution is -1.77. The van der Waals surface area contributed by atoms with E-state index in [9.17, 15) is 0 Å². The molecule has 2 heterocycles. The van der Waals surface area contributed by atoms with E-state index >= 15 is 0 Å². The SMILES string of the molecule is Brc1ccc(-c2nc(-c3ccco3)cs2)cc1. The van der Waals surface area contributed by atoms with Crippen LogP contribution in [0.15, 0.2) is 56.9 Å². The second-order valence-corrected chi connectivity index (χ2v) is 5.30. The largest absolute Gasteiger partial charge is 0.463 e. The van der Waals surface area contributed by atoms with Gasteiger partial charge in [0.05, 0.1) is 6.26 Å². The molecule has 0 bridgehead atoms. The number of benzene rings is 1. The Balaban J connectivity index is 1.98. The molecule has 17 heavy (non-hydrogen) atoms. The van der Waals surface area contributed by atoms with E-state index in [1.165, 1.54) is 0 Å².